The minimum atomic E-state index is 0.167. The van der Waals surface area contributed by atoms with Gasteiger partial charge in [0, 0.05) is 13.1 Å². The number of aliphatic imine (C=N–C) groups is 1. The average molecular weight is 250 g/mol. The lowest BCUT2D eigenvalue weighted by atomic mass is 9.89. The molecule has 4 heteroatoms. The molecule has 1 saturated heterocycles. The van der Waals surface area contributed by atoms with Crippen molar-refractivity contribution in [2.75, 3.05) is 32.7 Å². The molecule has 1 atom stereocenters. The number of hydrogen-bond donors (Lipinski definition) is 1. The number of likely N-dealkylation sites (tertiary alicyclic amines) is 1. The van der Waals surface area contributed by atoms with Gasteiger partial charge >= 0.3 is 0 Å². The van der Waals surface area contributed by atoms with E-state index in [2.05, 4.69) is 28.3 Å². The van der Waals surface area contributed by atoms with Crippen molar-refractivity contribution in [1.82, 2.24) is 9.80 Å². The van der Waals surface area contributed by atoms with Gasteiger partial charge in [-0.3, -0.25) is 4.99 Å². The Balaban J connectivity index is 2.05. The summed E-state index contributed by atoms with van der Waals surface area (Å²) in [5.74, 6) is 0.707. The lowest BCUT2D eigenvalue weighted by Gasteiger charge is -2.38. The summed E-state index contributed by atoms with van der Waals surface area (Å²) in [6.07, 6.45) is 6.79. The van der Waals surface area contributed by atoms with Gasteiger partial charge in [-0.05, 0) is 38.8 Å². The van der Waals surface area contributed by atoms with Crippen LogP contribution in [0.4, 0.5) is 0 Å². The van der Waals surface area contributed by atoms with Gasteiger partial charge in [-0.15, -0.1) is 6.58 Å². The summed E-state index contributed by atoms with van der Waals surface area (Å²) in [5, 5.41) is 0. The van der Waals surface area contributed by atoms with E-state index in [4.69, 9.17) is 5.73 Å². The van der Waals surface area contributed by atoms with Crippen LogP contribution in [-0.2, 0) is 0 Å². The molecule has 0 saturated carbocycles. The molecule has 1 unspecified atom stereocenters. The molecule has 0 aromatic carbocycles. The Bertz CT molecular complexity index is 326. The van der Waals surface area contributed by atoms with Gasteiger partial charge < -0.3 is 15.5 Å². The second-order valence-corrected chi connectivity index (χ2v) is 5.49. The van der Waals surface area contributed by atoms with Crippen molar-refractivity contribution in [1.29, 1.82) is 0 Å². The molecule has 0 aromatic rings. The summed E-state index contributed by atoms with van der Waals surface area (Å²) < 4.78 is 0. The van der Waals surface area contributed by atoms with Crippen molar-refractivity contribution < 1.29 is 0 Å². The van der Waals surface area contributed by atoms with Crippen LogP contribution in [0.2, 0.25) is 0 Å². The molecule has 0 amide bonds. The van der Waals surface area contributed by atoms with E-state index in [1.165, 1.54) is 45.3 Å². The summed E-state index contributed by atoms with van der Waals surface area (Å²) in [7, 11) is 0. The zero-order valence-corrected chi connectivity index (χ0v) is 11.6. The highest BCUT2D eigenvalue weighted by Crippen LogP contribution is 2.32. The first-order chi connectivity index (χ1) is 8.72. The van der Waals surface area contributed by atoms with Gasteiger partial charge in [0.2, 0.25) is 0 Å². The van der Waals surface area contributed by atoms with Crippen molar-refractivity contribution in [3.8, 4) is 0 Å². The number of rotatable bonds is 4. The van der Waals surface area contributed by atoms with Crippen molar-refractivity contribution in [2.24, 2.45) is 10.7 Å². The van der Waals surface area contributed by atoms with E-state index in [0.29, 0.717) is 5.96 Å². The lowest BCUT2D eigenvalue weighted by Crippen LogP contribution is -2.52. The van der Waals surface area contributed by atoms with Crippen LogP contribution in [-0.4, -0.2) is 54.0 Å². The van der Waals surface area contributed by atoms with Crippen molar-refractivity contribution in [3.05, 3.63) is 12.7 Å². The topological polar surface area (TPSA) is 44.9 Å². The molecular weight excluding hydrogens is 224 g/mol. The maximum Gasteiger partial charge on any atom is 0.192 e. The van der Waals surface area contributed by atoms with Crippen LogP contribution >= 0.6 is 0 Å². The molecule has 0 aromatic heterocycles. The maximum atomic E-state index is 6.03. The number of hydrogen-bond acceptors (Lipinski definition) is 4. The van der Waals surface area contributed by atoms with Gasteiger partial charge in [-0.25, -0.2) is 0 Å². The molecule has 0 bridgehead atoms. The van der Waals surface area contributed by atoms with Gasteiger partial charge in [0.1, 0.15) is 0 Å². The minimum absolute atomic E-state index is 0.167. The highest BCUT2D eigenvalue weighted by molar-refractivity contribution is 5.81. The Labute approximate surface area is 111 Å². The molecule has 2 aliphatic rings. The monoisotopic (exact) mass is 250 g/mol. The van der Waals surface area contributed by atoms with Gasteiger partial charge in [0.15, 0.2) is 5.96 Å². The van der Waals surface area contributed by atoms with E-state index in [-0.39, 0.29) is 5.54 Å². The first-order valence-corrected chi connectivity index (χ1v) is 7.12. The summed E-state index contributed by atoms with van der Waals surface area (Å²) in [4.78, 5) is 9.33. The Morgan fingerprint density at radius 2 is 2.28 bits per heavy atom. The van der Waals surface area contributed by atoms with E-state index in [9.17, 15) is 0 Å². The predicted molar refractivity (Wildman–Crippen MR) is 76.7 cm³/mol. The molecule has 0 radical (unpaired) electrons. The Hall–Kier alpha value is -1.03. The molecule has 2 N–H and O–H groups in total. The van der Waals surface area contributed by atoms with Crippen LogP contribution in [0.5, 0.6) is 0 Å². The van der Waals surface area contributed by atoms with Crippen LogP contribution in [0.25, 0.3) is 0 Å². The second-order valence-electron chi connectivity index (χ2n) is 5.49. The minimum Gasteiger partial charge on any atom is -0.370 e. The first kappa shape index (κ1) is 13.4. The normalized spacial score (nSPS) is 29.4. The SMILES string of the molecule is C=CCN1C(N)=NCC12CCCN(CCC)CC2. The van der Waals surface area contributed by atoms with Crippen molar-refractivity contribution in [3.63, 3.8) is 0 Å². The Kier molecular flexibility index (Phi) is 4.27. The number of nitrogens with two attached hydrogens (primary N) is 1. The van der Waals surface area contributed by atoms with Gasteiger partial charge in [-0.2, -0.15) is 0 Å². The van der Waals surface area contributed by atoms with Crippen LogP contribution in [0.15, 0.2) is 17.6 Å². The quantitative estimate of drug-likeness (QED) is 0.768. The summed E-state index contributed by atoms with van der Waals surface area (Å²) in [6.45, 7) is 11.4. The van der Waals surface area contributed by atoms with E-state index >= 15 is 0 Å². The van der Waals surface area contributed by atoms with Crippen molar-refractivity contribution in [2.45, 2.75) is 38.1 Å². The standard InChI is InChI=1S/C14H26N4/c1-3-8-17-10-5-6-14(7-11-17)12-16-13(15)18(14)9-4-2/h4H,2-3,5-12H2,1H3,(H2,15,16). The van der Waals surface area contributed by atoms with Gasteiger partial charge in [0.25, 0.3) is 0 Å². The maximum absolute atomic E-state index is 6.03. The summed E-state index contributed by atoms with van der Waals surface area (Å²) in [6, 6.07) is 0. The molecule has 2 rings (SSSR count). The predicted octanol–water partition coefficient (Wildman–Crippen LogP) is 1.44. The summed E-state index contributed by atoms with van der Waals surface area (Å²) in [5.41, 5.74) is 6.20. The van der Waals surface area contributed by atoms with E-state index in [1.54, 1.807) is 0 Å². The number of guanidine groups is 1. The van der Waals surface area contributed by atoms with E-state index in [0.717, 1.165) is 13.1 Å². The fraction of sp³-hybridized carbons (Fsp3) is 0.786. The average Bonchev–Trinajstić information content (AvgIpc) is 2.55. The van der Waals surface area contributed by atoms with Crippen molar-refractivity contribution >= 4 is 5.96 Å². The Morgan fingerprint density at radius 3 is 3.00 bits per heavy atom. The third-order valence-electron chi connectivity index (χ3n) is 4.25. The Morgan fingerprint density at radius 1 is 1.44 bits per heavy atom. The molecule has 4 nitrogen and oxygen atoms in total. The fourth-order valence-corrected chi connectivity index (χ4v) is 3.26. The number of nitrogens with zero attached hydrogens (tertiary/aromatic N) is 3. The highest BCUT2D eigenvalue weighted by Gasteiger charge is 2.42. The van der Waals surface area contributed by atoms with Gasteiger partial charge in [0.05, 0.1) is 12.1 Å². The molecular formula is C14H26N4. The fourth-order valence-electron chi connectivity index (χ4n) is 3.26. The molecule has 18 heavy (non-hydrogen) atoms. The first-order valence-electron chi connectivity index (χ1n) is 7.12. The van der Waals surface area contributed by atoms with Crippen LogP contribution < -0.4 is 5.73 Å². The smallest absolute Gasteiger partial charge is 0.192 e. The van der Waals surface area contributed by atoms with E-state index in [1.807, 2.05) is 6.08 Å². The zero-order valence-electron chi connectivity index (χ0n) is 11.6. The second kappa shape index (κ2) is 5.74. The molecule has 1 spiro atoms. The summed E-state index contributed by atoms with van der Waals surface area (Å²) >= 11 is 0. The molecule has 102 valence electrons. The molecule has 2 aliphatic heterocycles. The van der Waals surface area contributed by atoms with Gasteiger partial charge in [-0.1, -0.05) is 13.0 Å². The molecule has 1 fully saturated rings. The highest BCUT2D eigenvalue weighted by atomic mass is 15.4. The van der Waals surface area contributed by atoms with Crippen LogP contribution in [0.1, 0.15) is 32.6 Å². The molecule has 2 heterocycles. The largest absolute Gasteiger partial charge is 0.370 e. The van der Waals surface area contributed by atoms with Crippen LogP contribution in [0, 0.1) is 0 Å². The van der Waals surface area contributed by atoms with Crippen LogP contribution in [0.3, 0.4) is 0 Å². The van der Waals surface area contributed by atoms with E-state index < -0.39 is 0 Å². The third kappa shape index (κ3) is 2.53. The zero-order chi connectivity index (χ0) is 13.0. The lowest BCUT2D eigenvalue weighted by molar-refractivity contribution is 0.184. The molecule has 0 aliphatic carbocycles. The third-order valence-corrected chi connectivity index (χ3v) is 4.25.